The monoisotopic (exact) mass is 355 g/mol. The van der Waals surface area contributed by atoms with Crippen LogP contribution < -0.4 is 10.6 Å². The van der Waals surface area contributed by atoms with Gasteiger partial charge < -0.3 is 15.4 Å². The summed E-state index contributed by atoms with van der Waals surface area (Å²) in [5, 5.41) is 6.11. The van der Waals surface area contributed by atoms with Crippen LogP contribution in [-0.4, -0.2) is 38.8 Å². The molecule has 1 aromatic carbocycles. The second-order valence-corrected chi connectivity index (χ2v) is 5.05. The van der Waals surface area contributed by atoms with E-state index in [0.717, 1.165) is 18.6 Å². The van der Waals surface area contributed by atoms with Crippen molar-refractivity contribution in [3.63, 3.8) is 0 Å². The van der Waals surface area contributed by atoms with Gasteiger partial charge in [0.15, 0.2) is 5.96 Å². The predicted octanol–water partition coefficient (Wildman–Crippen LogP) is 3.04. The summed E-state index contributed by atoms with van der Waals surface area (Å²) in [4.78, 5) is 4.37. The van der Waals surface area contributed by atoms with Crippen LogP contribution in [0.4, 0.5) is 13.2 Å². The first kappa shape index (κ1) is 20.8. The minimum Gasteiger partial charge on any atom is -0.382 e. The Morgan fingerprint density at radius 3 is 2.72 bits per heavy atom. The van der Waals surface area contributed by atoms with Gasteiger partial charge in [0.25, 0.3) is 0 Å². The van der Waals surface area contributed by atoms with Crippen LogP contribution in [0.25, 0.3) is 0 Å². The summed E-state index contributed by atoms with van der Waals surface area (Å²) >= 11 is 0. The van der Waals surface area contributed by atoms with Crippen LogP contribution in [0, 0.1) is 11.8 Å². The van der Waals surface area contributed by atoms with E-state index in [1.54, 1.807) is 6.07 Å². The molecule has 0 saturated heterocycles. The Morgan fingerprint density at radius 2 is 2.04 bits per heavy atom. The second kappa shape index (κ2) is 11.4. The van der Waals surface area contributed by atoms with Crippen LogP contribution in [0.2, 0.25) is 0 Å². The van der Waals surface area contributed by atoms with Gasteiger partial charge in [-0.1, -0.05) is 17.9 Å². The van der Waals surface area contributed by atoms with Crippen molar-refractivity contribution in [1.82, 2.24) is 10.6 Å². The number of hydrogen-bond acceptors (Lipinski definition) is 2. The Morgan fingerprint density at radius 1 is 1.24 bits per heavy atom. The third-order valence-electron chi connectivity index (χ3n) is 3.03. The Hall–Kier alpha value is -2.20. The second-order valence-electron chi connectivity index (χ2n) is 5.05. The Balaban J connectivity index is 2.53. The van der Waals surface area contributed by atoms with E-state index in [0.29, 0.717) is 37.8 Å². The molecule has 0 spiro atoms. The van der Waals surface area contributed by atoms with Gasteiger partial charge in [-0.05, 0) is 38.5 Å². The molecule has 0 aliphatic rings. The topological polar surface area (TPSA) is 45.7 Å². The van der Waals surface area contributed by atoms with Crippen LogP contribution >= 0.6 is 0 Å². The molecule has 0 atom stereocenters. The number of alkyl halides is 3. The Kier molecular flexibility index (Phi) is 9.48. The molecule has 0 fully saturated rings. The minimum absolute atomic E-state index is 0.285. The van der Waals surface area contributed by atoms with Gasteiger partial charge in [0.05, 0.1) is 12.1 Å². The number of aliphatic imine (C=N–C) groups is 1. The van der Waals surface area contributed by atoms with E-state index in [9.17, 15) is 13.2 Å². The van der Waals surface area contributed by atoms with E-state index >= 15 is 0 Å². The number of nitrogens with zero attached hydrogens (tertiary/aromatic N) is 1. The third-order valence-corrected chi connectivity index (χ3v) is 3.03. The van der Waals surface area contributed by atoms with E-state index in [-0.39, 0.29) is 6.54 Å². The number of benzene rings is 1. The zero-order chi connectivity index (χ0) is 18.5. The molecular formula is C18H24F3N3O. The van der Waals surface area contributed by atoms with E-state index < -0.39 is 11.7 Å². The maximum absolute atomic E-state index is 12.6. The van der Waals surface area contributed by atoms with Crippen molar-refractivity contribution in [2.45, 2.75) is 26.4 Å². The van der Waals surface area contributed by atoms with Gasteiger partial charge in [0.2, 0.25) is 0 Å². The molecule has 25 heavy (non-hydrogen) atoms. The molecule has 0 aromatic heterocycles. The summed E-state index contributed by atoms with van der Waals surface area (Å²) in [6, 6.07) is 4.97. The molecule has 0 heterocycles. The fourth-order valence-electron chi connectivity index (χ4n) is 1.89. The molecule has 1 rings (SSSR count). The quantitative estimate of drug-likeness (QED) is 0.342. The summed E-state index contributed by atoms with van der Waals surface area (Å²) in [6.45, 7) is 6.86. The van der Waals surface area contributed by atoms with Gasteiger partial charge in [-0.2, -0.15) is 13.2 Å². The van der Waals surface area contributed by atoms with Crippen molar-refractivity contribution in [2.75, 3.05) is 32.8 Å². The van der Waals surface area contributed by atoms with Crippen molar-refractivity contribution in [3.8, 4) is 11.8 Å². The molecule has 1 aromatic rings. The van der Waals surface area contributed by atoms with Gasteiger partial charge in [0, 0.05) is 31.9 Å². The molecule has 0 aliphatic heterocycles. The maximum atomic E-state index is 12.6. The lowest BCUT2D eigenvalue weighted by molar-refractivity contribution is -0.137. The van der Waals surface area contributed by atoms with E-state index in [4.69, 9.17) is 4.74 Å². The van der Waals surface area contributed by atoms with Gasteiger partial charge in [-0.15, -0.1) is 0 Å². The normalized spacial score (nSPS) is 11.6. The Labute approximate surface area is 146 Å². The first-order valence-electron chi connectivity index (χ1n) is 8.23. The molecule has 0 unspecified atom stereocenters. The van der Waals surface area contributed by atoms with Crippen molar-refractivity contribution >= 4 is 5.96 Å². The first-order valence-corrected chi connectivity index (χ1v) is 8.23. The first-order chi connectivity index (χ1) is 12.0. The molecule has 2 N–H and O–H groups in total. The van der Waals surface area contributed by atoms with Crippen LogP contribution in [0.3, 0.4) is 0 Å². The van der Waals surface area contributed by atoms with Crippen LogP contribution in [0.1, 0.15) is 31.4 Å². The fraction of sp³-hybridized carbons (Fsp3) is 0.500. The lowest BCUT2D eigenvalue weighted by Crippen LogP contribution is -2.37. The number of halogens is 3. The SMILES string of the molecule is CCNC(=NCCCOCC)NCC#Cc1cccc(C(F)(F)F)c1. The Bertz CT molecular complexity index is 604. The number of rotatable bonds is 7. The van der Waals surface area contributed by atoms with Crippen molar-refractivity contribution < 1.29 is 17.9 Å². The van der Waals surface area contributed by atoms with E-state index in [2.05, 4.69) is 27.5 Å². The highest BCUT2D eigenvalue weighted by molar-refractivity contribution is 5.80. The molecule has 0 saturated carbocycles. The zero-order valence-electron chi connectivity index (χ0n) is 14.5. The number of hydrogen-bond donors (Lipinski definition) is 2. The highest BCUT2D eigenvalue weighted by atomic mass is 19.4. The molecule has 7 heteroatoms. The van der Waals surface area contributed by atoms with Crippen molar-refractivity contribution in [3.05, 3.63) is 35.4 Å². The van der Waals surface area contributed by atoms with Crippen LogP contribution in [-0.2, 0) is 10.9 Å². The van der Waals surface area contributed by atoms with Crippen molar-refractivity contribution in [1.29, 1.82) is 0 Å². The van der Waals surface area contributed by atoms with Crippen molar-refractivity contribution in [2.24, 2.45) is 4.99 Å². The average molecular weight is 355 g/mol. The summed E-state index contributed by atoms with van der Waals surface area (Å²) in [7, 11) is 0. The summed E-state index contributed by atoms with van der Waals surface area (Å²) in [5.41, 5.74) is -0.369. The van der Waals surface area contributed by atoms with Gasteiger partial charge in [0.1, 0.15) is 0 Å². The number of nitrogens with one attached hydrogen (secondary N) is 2. The largest absolute Gasteiger partial charge is 0.416 e. The average Bonchev–Trinajstić information content (AvgIpc) is 2.58. The molecule has 0 aliphatic carbocycles. The zero-order valence-corrected chi connectivity index (χ0v) is 14.5. The highest BCUT2D eigenvalue weighted by Crippen LogP contribution is 2.29. The molecule has 0 bridgehead atoms. The highest BCUT2D eigenvalue weighted by Gasteiger charge is 2.30. The van der Waals surface area contributed by atoms with E-state index in [1.165, 1.54) is 6.07 Å². The lowest BCUT2D eigenvalue weighted by atomic mass is 10.1. The van der Waals surface area contributed by atoms with E-state index in [1.807, 2.05) is 13.8 Å². The predicted molar refractivity (Wildman–Crippen MR) is 93.4 cm³/mol. The standard InChI is InChI=1S/C18H24F3N3O/c1-3-22-17(24-12-7-13-25-4-2)23-11-6-9-15-8-5-10-16(14-15)18(19,20)21/h5,8,10,14H,3-4,7,11-13H2,1-2H3,(H2,22,23,24). The molecule has 0 amide bonds. The smallest absolute Gasteiger partial charge is 0.382 e. The van der Waals surface area contributed by atoms with Crippen LogP contribution in [0.15, 0.2) is 29.3 Å². The lowest BCUT2D eigenvalue weighted by Gasteiger charge is -2.08. The van der Waals surface area contributed by atoms with Crippen LogP contribution in [0.5, 0.6) is 0 Å². The number of ether oxygens (including phenoxy) is 1. The maximum Gasteiger partial charge on any atom is 0.416 e. The molecular weight excluding hydrogens is 331 g/mol. The fourth-order valence-corrected chi connectivity index (χ4v) is 1.89. The van der Waals surface area contributed by atoms with Gasteiger partial charge >= 0.3 is 6.18 Å². The summed E-state index contributed by atoms with van der Waals surface area (Å²) in [6.07, 6.45) is -3.54. The molecule has 4 nitrogen and oxygen atoms in total. The summed E-state index contributed by atoms with van der Waals surface area (Å²) in [5.74, 6) is 6.15. The number of guanidine groups is 1. The van der Waals surface area contributed by atoms with Gasteiger partial charge in [-0.25, -0.2) is 0 Å². The third kappa shape index (κ3) is 9.01. The molecule has 0 radical (unpaired) electrons. The van der Waals surface area contributed by atoms with Gasteiger partial charge in [-0.3, -0.25) is 4.99 Å². The molecule has 138 valence electrons. The minimum atomic E-state index is -4.36. The summed E-state index contributed by atoms with van der Waals surface area (Å²) < 4.78 is 43.2.